The third kappa shape index (κ3) is 6.03. The van der Waals surface area contributed by atoms with E-state index < -0.39 is 0 Å². The monoisotopic (exact) mass is 353 g/mol. The first kappa shape index (κ1) is 19.7. The van der Waals surface area contributed by atoms with Gasteiger partial charge in [-0.2, -0.15) is 0 Å². The molecular formula is C22H27NO3. The molecule has 0 atom stereocenters. The minimum absolute atomic E-state index is 0.0239. The van der Waals surface area contributed by atoms with E-state index in [1.165, 1.54) is 31.2 Å². The van der Waals surface area contributed by atoms with Gasteiger partial charge in [-0.25, -0.2) is 0 Å². The van der Waals surface area contributed by atoms with Crippen molar-refractivity contribution in [2.75, 3.05) is 13.7 Å². The Kier molecular flexibility index (Phi) is 7.87. The molecule has 2 aromatic rings. The summed E-state index contributed by atoms with van der Waals surface area (Å²) in [5, 5.41) is 2.69. The summed E-state index contributed by atoms with van der Waals surface area (Å²) in [7, 11) is 1.58. The second kappa shape index (κ2) is 10.4. The Balaban J connectivity index is 1.82. The van der Waals surface area contributed by atoms with Crippen molar-refractivity contribution >= 4 is 11.7 Å². The predicted octanol–water partition coefficient (Wildman–Crippen LogP) is 4.43. The summed E-state index contributed by atoms with van der Waals surface area (Å²) in [6.45, 7) is 2.18. The highest BCUT2D eigenvalue weighted by atomic mass is 16.5. The topological polar surface area (TPSA) is 55.4 Å². The molecule has 138 valence electrons. The van der Waals surface area contributed by atoms with Crippen LogP contribution in [0.25, 0.3) is 0 Å². The van der Waals surface area contributed by atoms with E-state index in [2.05, 4.69) is 12.2 Å². The molecule has 0 unspecified atom stereocenters. The lowest BCUT2D eigenvalue weighted by molar-refractivity contribution is 0.0904. The largest absolute Gasteiger partial charge is 0.497 e. The number of ether oxygens (including phenoxy) is 1. The van der Waals surface area contributed by atoms with E-state index >= 15 is 0 Å². The van der Waals surface area contributed by atoms with Crippen LogP contribution in [0.15, 0.2) is 48.5 Å². The van der Waals surface area contributed by atoms with E-state index in [4.69, 9.17) is 4.74 Å². The van der Waals surface area contributed by atoms with Crippen LogP contribution in [0.2, 0.25) is 0 Å². The van der Waals surface area contributed by atoms with Crippen molar-refractivity contribution in [1.29, 1.82) is 0 Å². The molecule has 0 saturated carbocycles. The number of ketones is 1. The van der Waals surface area contributed by atoms with Gasteiger partial charge in [-0.3, -0.25) is 9.59 Å². The van der Waals surface area contributed by atoms with Gasteiger partial charge in [-0.15, -0.1) is 0 Å². The minimum Gasteiger partial charge on any atom is -0.497 e. The Morgan fingerprint density at radius 1 is 0.885 bits per heavy atom. The zero-order valence-corrected chi connectivity index (χ0v) is 15.6. The lowest BCUT2D eigenvalue weighted by atomic mass is 10.0. The number of Topliss-reactive ketones (excluding diaryl/α,β-unsaturated/α-hetero) is 1. The van der Waals surface area contributed by atoms with E-state index in [1.54, 1.807) is 31.4 Å². The van der Waals surface area contributed by atoms with Crippen LogP contribution in [0.5, 0.6) is 5.75 Å². The zero-order chi connectivity index (χ0) is 18.8. The number of hydrogen-bond donors (Lipinski definition) is 1. The van der Waals surface area contributed by atoms with Gasteiger partial charge in [-0.1, -0.05) is 38.3 Å². The van der Waals surface area contributed by atoms with Crippen LogP contribution in [-0.2, 0) is 6.42 Å². The number of aryl methyl sites for hydroxylation is 1. The molecule has 2 rings (SSSR count). The Labute approximate surface area is 155 Å². The highest BCUT2D eigenvalue weighted by Crippen LogP contribution is 2.12. The van der Waals surface area contributed by atoms with E-state index in [0.29, 0.717) is 16.9 Å². The molecule has 0 aliphatic heterocycles. The molecule has 1 N–H and O–H groups in total. The van der Waals surface area contributed by atoms with Crippen molar-refractivity contribution in [3.63, 3.8) is 0 Å². The molecule has 26 heavy (non-hydrogen) atoms. The fraction of sp³-hybridized carbons (Fsp3) is 0.364. The molecule has 0 saturated heterocycles. The van der Waals surface area contributed by atoms with Gasteiger partial charge in [0.05, 0.1) is 13.7 Å². The molecule has 4 heteroatoms. The number of hydrogen-bond acceptors (Lipinski definition) is 3. The van der Waals surface area contributed by atoms with E-state index in [1.807, 2.05) is 24.3 Å². The lowest BCUT2D eigenvalue weighted by Crippen LogP contribution is -2.29. The van der Waals surface area contributed by atoms with Gasteiger partial charge >= 0.3 is 0 Å². The molecule has 0 aliphatic rings. The van der Waals surface area contributed by atoms with Crippen molar-refractivity contribution in [3.8, 4) is 5.75 Å². The molecule has 0 aromatic heterocycles. The molecule has 0 fully saturated rings. The number of nitrogens with one attached hydrogen (secondary N) is 1. The predicted molar refractivity (Wildman–Crippen MR) is 104 cm³/mol. The van der Waals surface area contributed by atoms with E-state index in [-0.39, 0.29) is 18.2 Å². The smallest absolute Gasteiger partial charge is 0.251 e. The Bertz CT molecular complexity index is 705. The van der Waals surface area contributed by atoms with Crippen molar-refractivity contribution in [3.05, 3.63) is 65.2 Å². The first-order chi connectivity index (χ1) is 12.6. The van der Waals surface area contributed by atoms with Crippen molar-refractivity contribution < 1.29 is 14.3 Å². The lowest BCUT2D eigenvalue weighted by Gasteiger charge is -2.07. The third-order valence-electron chi connectivity index (χ3n) is 4.36. The normalized spacial score (nSPS) is 10.4. The summed E-state index contributed by atoms with van der Waals surface area (Å²) in [6, 6.07) is 14.5. The van der Waals surface area contributed by atoms with Gasteiger partial charge < -0.3 is 10.1 Å². The standard InChI is InChI=1S/C22H27NO3/c1-3-4-5-6-7-17-8-10-19(11-9-17)22(25)23-16-21(24)18-12-14-20(26-2)15-13-18/h8-15H,3-7,16H2,1-2H3,(H,23,25). The van der Waals surface area contributed by atoms with Crippen LogP contribution >= 0.6 is 0 Å². The van der Waals surface area contributed by atoms with Gasteiger partial charge in [0.2, 0.25) is 0 Å². The summed E-state index contributed by atoms with van der Waals surface area (Å²) >= 11 is 0. The van der Waals surface area contributed by atoms with E-state index in [9.17, 15) is 9.59 Å². The van der Waals surface area contributed by atoms with Crippen molar-refractivity contribution in [2.45, 2.75) is 39.0 Å². The molecule has 2 aromatic carbocycles. The van der Waals surface area contributed by atoms with E-state index in [0.717, 1.165) is 6.42 Å². The maximum absolute atomic E-state index is 12.2. The highest BCUT2D eigenvalue weighted by Gasteiger charge is 2.10. The molecule has 0 bridgehead atoms. The maximum Gasteiger partial charge on any atom is 0.251 e. The highest BCUT2D eigenvalue weighted by molar-refractivity contribution is 6.02. The van der Waals surface area contributed by atoms with Crippen molar-refractivity contribution in [2.24, 2.45) is 0 Å². The molecule has 1 amide bonds. The average Bonchev–Trinajstić information content (AvgIpc) is 2.69. The van der Waals surface area contributed by atoms with Crippen molar-refractivity contribution in [1.82, 2.24) is 5.32 Å². The average molecular weight is 353 g/mol. The zero-order valence-electron chi connectivity index (χ0n) is 15.6. The minimum atomic E-state index is -0.232. The van der Waals surface area contributed by atoms with Crippen LogP contribution < -0.4 is 10.1 Å². The SMILES string of the molecule is CCCCCCc1ccc(C(=O)NCC(=O)c2ccc(OC)cc2)cc1. The van der Waals surface area contributed by atoms with Crippen LogP contribution in [0.3, 0.4) is 0 Å². The first-order valence-electron chi connectivity index (χ1n) is 9.18. The Hall–Kier alpha value is -2.62. The molecular weight excluding hydrogens is 326 g/mol. The number of methoxy groups -OCH3 is 1. The second-order valence-electron chi connectivity index (χ2n) is 6.34. The van der Waals surface area contributed by atoms with Gasteiger partial charge in [-0.05, 0) is 54.8 Å². The van der Waals surface area contributed by atoms with Crippen LogP contribution in [-0.4, -0.2) is 25.3 Å². The molecule has 0 heterocycles. The molecule has 0 radical (unpaired) electrons. The number of rotatable bonds is 10. The molecule has 0 aliphatic carbocycles. The quantitative estimate of drug-likeness (QED) is 0.508. The van der Waals surface area contributed by atoms with Gasteiger partial charge in [0.15, 0.2) is 5.78 Å². The van der Waals surface area contributed by atoms with Crippen LogP contribution in [0.1, 0.15) is 58.9 Å². The van der Waals surface area contributed by atoms with Crippen LogP contribution in [0, 0.1) is 0 Å². The summed E-state index contributed by atoms with van der Waals surface area (Å²) < 4.78 is 5.07. The fourth-order valence-electron chi connectivity index (χ4n) is 2.72. The number of carbonyl (C=O) groups is 2. The second-order valence-corrected chi connectivity index (χ2v) is 6.34. The summed E-state index contributed by atoms with van der Waals surface area (Å²) in [6.07, 6.45) is 5.96. The van der Waals surface area contributed by atoms with Gasteiger partial charge in [0, 0.05) is 11.1 Å². The Morgan fingerprint density at radius 2 is 1.54 bits per heavy atom. The number of amides is 1. The van der Waals surface area contributed by atoms with Gasteiger partial charge in [0.1, 0.15) is 5.75 Å². The fourth-order valence-corrected chi connectivity index (χ4v) is 2.72. The van der Waals surface area contributed by atoms with Gasteiger partial charge in [0.25, 0.3) is 5.91 Å². The number of carbonyl (C=O) groups excluding carboxylic acids is 2. The number of unbranched alkanes of at least 4 members (excludes halogenated alkanes) is 3. The summed E-state index contributed by atoms with van der Waals surface area (Å²) in [4.78, 5) is 24.4. The molecule has 0 spiro atoms. The maximum atomic E-state index is 12.2. The number of benzene rings is 2. The molecule has 4 nitrogen and oxygen atoms in total. The summed E-state index contributed by atoms with van der Waals surface area (Å²) in [5.41, 5.74) is 2.37. The Morgan fingerprint density at radius 3 is 2.15 bits per heavy atom. The summed E-state index contributed by atoms with van der Waals surface area (Å²) in [5.74, 6) is 0.332. The first-order valence-corrected chi connectivity index (χ1v) is 9.18. The third-order valence-corrected chi connectivity index (χ3v) is 4.36. The van der Waals surface area contributed by atoms with Crippen LogP contribution in [0.4, 0.5) is 0 Å².